The van der Waals surface area contributed by atoms with Crippen molar-refractivity contribution in [3.8, 4) is 0 Å². The van der Waals surface area contributed by atoms with Crippen LogP contribution in [0.5, 0.6) is 0 Å². The van der Waals surface area contributed by atoms with Crippen LogP contribution < -0.4 is 0 Å². The van der Waals surface area contributed by atoms with E-state index in [0.29, 0.717) is 0 Å². The topological polar surface area (TPSA) is 53.7 Å². The molecule has 0 bridgehead atoms. The Labute approximate surface area is 108 Å². The van der Waals surface area contributed by atoms with Gasteiger partial charge >= 0.3 is 5.97 Å². The molecule has 1 aliphatic heterocycles. The lowest BCUT2D eigenvalue weighted by Crippen LogP contribution is -2.24. The smallest absolute Gasteiger partial charge is 0.371 e. The van der Waals surface area contributed by atoms with Crippen LogP contribution >= 0.6 is 0 Å². The van der Waals surface area contributed by atoms with Crippen molar-refractivity contribution in [2.45, 2.75) is 39.2 Å². The van der Waals surface area contributed by atoms with E-state index in [2.05, 4.69) is 11.8 Å². The normalized spacial score (nSPS) is 21.7. The fourth-order valence-electron chi connectivity index (χ4n) is 2.59. The minimum absolute atomic E-state index is 0.0336. The third-order valence-corrected chi connectivity index (χ3v) is 3.77. The maximum absolute atomic E-state index is 10.7. The van der Waals surface area contributed by atoms with Crippen LogP contribution in [0.15, 0.2) is 16.5 Å². The number of aromatic carboxylic acids is 1. The Hall–Kier alpha value is -1.29. The molecule has 1 unspecified atom stereocenters. The monoisotopic (exact) mass is 251 g/mol. The van der Waals surface area contributed by atoms with Gasteiger partial charge in [0.15, 0.2) is 0 Å². The van der Waals surface area contributed by atoms with Crippen molar-refractivity contribution >= 4 is 5.97 Å². The van der Waals surface area contributed by atoms with E-state index in [1.54, 1.807) is 6.07 Å². The molecule has 1 aliphatic rings. The summed E-state index contributed by atoms with van der Waals surface area (Å²) in [4.78, 5) is 13.1. The van der Waals surface area contributed by atoms with Gasteiger partial charge in [-0.15, -0.1) is 0 Å². The van der Waals surface area contributed by atoms with Gasteiger partial charge in [-0.1, -0.05) is 13.3 Å². The lowest BCUT2D eigenvalue weighted by Gasteiger charge is -2.18. The van der Waals surface area contributed by atoms with E-state index in [1.807, 2.05) is 0 Å². The van der Waals surface area contributed by atoms with E-state index in [-0.39, 0.29) is 5.76 Å². The molecule has 0 spiro atoms. The lowest BCUT2D eigenvalue weighted by atomic mass is 9.98. The molecule has 1 fully saturated rings. The third-order valence-electron chi connectivity index (χ3n) is 3.77. The van der Waals surface area contributed by atoms with E-state index < -0.39 is 5.97 Å². The first-order valence-corrected chi connectivity index (χ1v) is 6.73. The molecule has 2 heterocycles. The number of rotatable bonds is 4. The van der Waals surface area contributed by atoms with Crippen molar-refractivity contribution in [2.75, 3.05) is 13.1 Å². The number of likely N-dealkylation sites (tertiary alicyclic amines) is 1. The Morgan fingerprint density at radius 2 is 2.28 bits per heavy atom. The predicted molar refractivity (Wildman–Crippen MR) is 68.6 cm³/mol. The number of nitrogens with zero attached hydrogens (tertiary/aromatic N) is 1. The van der Waals surface area contributed by atoms with E-state index in [1.165, 1.54) is 31.7 Å². The predicted octanol–water partition coefficient (Wildman–Crippen LogP) is 2.99. The van der Waals surface area contributed by atoms with Gasteiger partial charge in [0.2, 0.25) is 5.76 Å². The second-order valence-electron chi connectivity index (χ2n) is 5.05. The summed E-state index contributed by atoms with van der Waals surface area (Å²) in [6, 6.07) is 3.30. The minimum atomic E-state index is -0.997. The average molecular weight is 251 g/mol. The zero-order valence-electron chi connectivity index (χ0n) is 10.9. The van der Waals surface area contributed by atoms with Gasteiger partial charge in [-0.2, -0.15) is 0 Å². The second kappa shape index (κ2) is 6.05. The fourth-order valence-corrected chi connectivity index (χ4v) is 2.59. The summed E-state index contributed by atoms with van der Waals surface area (Å²) in [5, 5.41) is 8.81. The van der Waals surface area contributed by atoms with E-state index in [4.69, 9.17) is 9.52 Å². The Morgan fingerprint density at radius 1 is 1.44 bits per heavy atom. The highest BCUT2D eigenvalue weighted by Gasteiger charge is 2.17. The maximum Gasteiger partial charge on any atom is 0.371 e. The van der Waals surface area contributed by atoms with Gasteiger partial charge in [0, 0.05) is 0 Å². The molecular formula is C14H21NO3. The van der Waals surface area contributed by atoms with Crippen molar-refractivity contribution in [3.05, 3.63) is 23.7 Å². The van der Waals surface area contributed by atoms with Crippen LogP contribution in [-0.2, 0) is 6.54 Å². The molecule has 0 amide bonds. The molecule has 4 nitrogen and oxygen atoms in total. The quantitative estimate of drug-likeness (QED) is 0.893. The van der Waals surface area contributed by atoms with E-state index in [9.17, 15) is 4.79 Å². The van der Waals surface area contributed by atoms with Crippen molar-refractivity contribution < 1.29 is 14.3 Å². The number of furan rings is 1. The SMILES string of the molecule is CCC1CCCN(Cc2ccc(C(=O)O)o2)CC1. The highest BCUT2D eigenvalue weighted by molar-refractivity contribution is 5.84. The zero-order valence-corrected chi connectivity index (χ0v) is 10.9. The first kappa shape index (κ1) is 13.1. The summed E-state index contributed by atoms with van der Waals surface area (Å²) in [7, 11) is 0. The summed E-state index contributed by atoms with van der Waals surface area (Å²) >= 11 is 0. The van der Waals surface area contributed by atoms with Gasteiger partial charge in [-0.05, 0) is 50.4 Å². The Balaban J connectivity index is 1.90. The number of hydrogen-bond acceptors (Lipinski definition) is 3. The molecule has 1 saturated heterocycles. The number of carboxylic acid groups (broad SMARTS) is 1. The first-order chi connectivity index (χ1) is 8.69. The standard InChI is InChI=1S/C14H21NO3/c1-2-11-4-3-8-15(9-7-11)10-12-5-6-13(18-12)14(16)17/h5-6,11H,2-4,7-10H2,1H3,(H,16,17). The molecule has 0 radical (unpaired) electrons. The summed E-state index contributed by atoms with van der Waals surface area (Å²) < 4.78 is 5.30. The van der Waals surface area contributed by atoms with Gasteiger partial charge in [-0.25, -0.2) is 4.79 Å². The van der Waals surface area contributed by atoms with Crippen molar-refractivity contribution in [1.82, 2.24) is 4.90 Å². The largest absolute Gasteiger partial charge is 0.475 e. The number of hydrogen-bond donors (Lipinski definition) is 1. The lowest BCUT2D eigenvalue weighted by molar-refractivity contribution is 0.0658. The van der Waals surface area contributed by atoms with E-state index >= 15 is 0 Å². The third kappa shape index (κ3) is 3.35. The van der Waals surface area contributed by atoms with Gasteiger partial charge < -0.3 is 9.52 Å². The maximum atomic E-state index is 10.7. The molecule has 4 heteroatoms. The van der Waals surface area contributed by atoms with Crippen LogP contribution in [0.1, 0.15) is 48.9 Å². The van der Waals surface area contributed by atoms with Crippen molar-refractivity contribution in [1.29, 1.82) is 0 Å². The molecule has 1 N–H and O–H groups in total. The molecule has 100 valence electrons. The van der Waals surface area contributed by atoms with Crippen LogP contribution in [0.25, 0.3) is 0 Å². The molecule has 0 saturated carbocycles. The highest BCUT2D eigenvalue weighted by Crippen LogP contribution is 2.21. The van der Waals surface area contributed by atoms with Crippen LogP contribution in [0.4, 0.5) is 0 Å². The number of carboxylic acids is 1. The molecule has 0 aromatic carbocycles. The summed E-state index contributed by atoms with van der Waals surface area (Å²) in [5.74, 6) is 0.637. The summed E-state index contributed by atoms with van der Waals surface area (Å²) in [6.45, 7) is 5.15. The fraction of sp³-hybridized carbons (Fsp3) is 0.643. The van der Waals surface area contributed by atoms with Crippen LogP contribution in [-0.4, -0.2) is 29.1 Å². The molecule has 1 aromatic heterocycles. The number of carbonyl (C=O) groups is 1. The molecule has 1 aromatic rings. The first-order valence-electron chi connectivity index (χ1n) is 6.73. The molecule has 18 heavy (non-hydrogen) atoms. The second-order valence-corrected chi connectivity index (χ2v) is 5.05. The van der Waals surface area contributed by atoms with Crippen LogP contribution in [0, 0.1) is 5.92 Å². The summed E-state index contributed by atoms with van der Waals surface area (Å²) in [6.07, 6.45) is 5.04. The van der Waals surface area contributed by atoms with Gasteiger partial charge in [-0.3, -0.25) is 4.90 Å². The average Bonchev–Trinajstić information content (AvgIpc) is 2.69. The molecule has 2 rings (SSSR count). The van der Waals surface area contributed by atoms with Gasteiger partial charge in [0.05, 0.1) is 6.54 Å². The zero-order chi connectivity index (χ0) is 13.0. The van der Waals surface area contributed by atoms with Crippen molar-refractivity contribution in [2.24, 2.45) is 5.92 Å². The highest BCUT2D eigenvalue weighted by atomic mass is 16.4. The molecule has 0 aliphatic carbocycles. The Kier molecular flexibility index (Phi) is 4.42. The molecular weight excluding hydrogens is 230 g/mol. The van der Waals surface area contributed by atoms with Gasteiger partial charge in [0.1, 0.15) is 5.76 Å². The van der Waals surface area contributed by atoms with Gasteiger partial charge in [0.25, 0.3) is 0 Å². The van der Waals surface area contributed by atoms with Crippen LogP contribution in [0.3, 0.4) is 0 Å². The minimum Gasteiger partial charge on any atom is -0.475 e. The van der Waals surface area contributed by atoms with E-state index in [0.717, 1.165) is 31.3 Å². The Morgan fingerprint density at radius 3 is 2.94 bits per heavy atom. The van der Waals surface area contributed by atoms with Crippen molar-refractivity contribution in [3.63, 3.8) is 0 Å². The summed E-state index contributed by atoms with van der Waals surface area (Å²) in [5.41, 5.74) is 0. The molecule has 1 atom stereocenters. The Bertz CT molecular complexity index is 399. The van der Waals surface area contributed by atoms with Crippen LogP contribution in [0.2, 0.25) is 0 Å².